The van der Waals surface area contributed by atoms with Gasteiger partial charge < -0.3 is 5.32 Å². The van der Waals surface area contributed by atoms with Crippen molar-refractivity contribution in [1.82, 2.24) is 4.98 Å². The normalized spacial score (nSPS) is 11.5. The number of anilines is 3. The molecule has 0 saturated carbocycles. The van der Waals surface area contributed by atoms with E-state index in [-0.39, 0.29) is 10.6 Å². The largest absolute Gasteiger partial charge is 0.322 e. The average molecular weight is 461 g/mol. The summed E-state index contributed by atoms with van der Waals surface area (Å²) in [7, 11) is -7.19. The number of nitrogens with one attached hydrogen (secondary N) is 3. The number of aromatic nitrogens is 1. The summed E-state index contributed by atoms with van der Waals surface area (Å²) in [6.45, 7) is 1.52. The smallest absolute Gasteiger partial charge is 0.261 e. The number of carbonyl (C=O) groups is 1. The first-order valence-electron chi connectivity index (χ1n) is 9.13. The Labute approximate surface area is 180 Å². The standard InChI is InChI=1S/C20H20N4O5S2/c1-2-30(26,27)23-17-7-5-15(6-8-17)20(25)22-16-9-11-19(12-10-16)31(28,29)24-18-4-3-13-21-14-18/h3-14,23-24H,2H2,1H3,(H,22,25). The average Bonchev–Trinajstić information content (AvgIpc) is 2.75. The molecule has 2 aromatic carbocycles. The molecule has 0 unspecified atom stereocenters. The van der Waals surface area contributed by atoms with Crippen LogP contribution in [0.3, 0.4) is 0 Å². The zero-order chi connectivity index (χ0) is 22.5. The molecule has 3 rings (SSSR count). The van der Waals surface area contributed by atoms with Crippen LogP contribution in [0.1, 0.15) is 17.3 Å². The van der Waals surface area contributed by atoms with Crippen molar-refractivity contribution in [3.63, 3.8) is 0 Å². The van der Waals surface area contributed by atoms with Crippen LogP contribution in [0.2, 0.25) is 0 Å². The van der Waals surface area contributed by atoms with Gasteiger partial charge in [0.25, 0.3) is 15.9 Å². The highest BCUT2D eigenvalue weighted by Gasteiger charge is 2.15. The fourth-order valence-electron chi connectivity index (χ4n) is 2.50. The highest BCUT2D eigenvalue weighted by Crippen LogP contribution is 2.19. The van der Waals surface area contributed by atoms with Crippen molar-refractivity contribution in [2.75, 3.05) is 20.5 Å². The van der Waals surface area contributed by atoms with E-state index >= 15 is 0 Å². The molecule has 0 spiro atoms. The second-order valence-corrected chi connectivity index (χ2v) is 10.1. The molecule has 1 heterocycles. The minimum absolute atomic E-state index is 0.0295. The van der Waals surface area contributed by atoms with Gasteiger partial charge in [-0.2, -0.15) is 0 Å². The topological polar surface area (TPSA) is 134 Å². The molecule has 0 atom stereocenters. The summed E-state index contributed by atoms with van der Waals surface area (Å²) in [5, 5.41) is 2.66. The summed E-state index contributed by atoms with van der Waals surface area (Å²) >= 11 is 0. The van der Waals surface area contributed by atoms with E-state index in [1.165, 1.54) is 67.8 Å². The molecule has 9 nitrogen and oxygen atoms in total. The third kappa shape index (κ3) is 6.03. The van der Waals surface area contributed by atoms with E-state index in [1.807, 2.05) is 0 Å². The van der Waals surface area contributed by atoms with Crippen molar-refractivity contribution in [3.05, 3.63) is 78.6 Å². The van der Waals surface area contributed by atoms with E-state index in [1.54, 1.807) is 12.1 Å². The van der Waals surface area contributed by atoms with E-state index in [2.05, 4.69) is 19.7 Å². The van der Waals surface area contributed by atoms with Gasteiger partial charge in [0.2, 0.25) is 10.0 Å². The molecular formula is C20H20N4O5S2. The molecule has 0 radical (unpaired) electrons. The number of carbonyl (C=O) groups excluding carboxylic acids is 1. The van der Waals surface area contributed by atoms with Gasteiger partial charge in [-0.3, -0.25) is 19.2 Å². The molecule has 0 aliphatic rings. The molecule has 0 bridgehead atoms. The number of benzene rings is 2. The van der Waals surface area contributed by atoms with Crippen molar-refractivity contribution in [1.29, 1.82) is 0 Å². The maximum Gasteiger partial charge on any atom is 0.261 e. The number of amides is 1. The van der Waals surface area contributed by atoms with Crippen LogP contribution in [0.4, 0.5) is 17.1 Å². The van der Waals surface area contributed by atoms with E-state index < -0.39 is 26.0 Å². The van der Waals surface area contributed by atoms with Crippen LogP contribution in [0, 0.1) is 0 Å². The molecule has 1 amide bonds. The summed E-state index contributed by atoms with van der Waals surface area (Å²) in [6.07, 6.45) is 2.93. The highest BCUT2D eigenvalue weighted by atomic mass is 32.2. The lowest BCUT2D eigenvalue weighted by Crippen LogP contribution is -2.15. The van der Waals surface area contributed by atoms with Gasteiger partial charge in [0.05, 0.1) is 22.5 Å². The third-order valence-electron chi connectivity index (χ3n) is 4.14. The molecule has 3 N–H and O–H groups in total. The molecule has 0 fully saturated rings. The van der Waals surface area contributed by atoms with Crippen LogP contribution in [-0.4, -0.2) is 33.5 Å². The van der Waals surface area contributed by atoms with Gasteiger partial charge in [0.15, 0.2) is 0 Å². The van der Waals surface area contributed by atoms with Crippen molar-refractivity contribution < 1.29 is 21.6 Å². The lowest BCUT2D eigenvalue weighted by Gasteiger charge is -2.10. The Bertz CT molecular complexity index is 1260. The zero-order valence-electron chi connectivity index (χ0n) is 16.4. The van der Waals surface area contributed by atoms with E-state index in [0.29, 0.717) is 22.6 Å². The summed E-state index contributed by atoms with van der Waals surface area (Å²) in [4.78, 5) is 16.3. The monoisotopic (exact) mass is 460 g/mol. The molecule has 1 aromatic heterocycles. The fraction of sp³-hybridized carbons (Fsp3) is 0.100. The quantitative estimate of drug-likeness (QED) is 0.473. The summed E-state index contributed by atoms with van der Waals surface area (Å²) in [5.74, 6) is -0.479. The number of pyridine rings is 1. The Morgan fingerprint density at radius 2 is 1.48 bits per heavy atom. The number of hydrogen-bond acceptors (Lipinski definition) is 6. The molecule has 0 saturated heterocycles. The lowest BCUT2D eigenvalue weighted by molar-refractivity contribution is 0.102. The minimum Gasteiger partial charge on any atom is -0.322 e. The molecule has 162 valence electrons. The maximum absolute atomic E-state index is 12.4. The molecule has 0 aliphatic heterocycles. The van der Waals surface area contributed by atoms with E-state index in [4.69, 9.17) is 0 Å². The number of hydrogen-bond donors (Lipinski definition) is 3. The number of nitrogens with zero attached hydrogens (tertiary/aromatic N) is 1. The predicted molar refractivity (Wildman–Crippen MR) is 119 cm³/mol. The maximum atomic E-state index is 12.4. The highest BCUT2D eigenvalue weighted by molar-refractivity contribution is 7.93. The second-order valence-electron chi connectivity index (χ2n) is 6.41. The third-order valence-corrected chi connectivity index (χ3v) is 6.84. The second kappa shape index (κ2) is 9.14. The lowest BCUT2D eigenvalue weighted by atomic mass is 10.2. The van der Waals surface area contributed by atoms with Crippen LogP contribution in [0.25, 0.3) is 0 Å². The Balaban J connectivity index is 1.66. The van der Waals surface area contributed by atoms with Crippen LogP contribution in [-0.2, 0) is 20.0 Å². The number of rotatable bonds is 8. The molecule has 11 heteroatoms. The van der Waals surface area contributed by atoms with Gasteiger partial charge >= 0.3 is 0 Å². The van der Waals surface area contributed by atoms with Crippen molar-refractivity contribution in [2.45, 2.75) is 11.8 Å². The van der Waals surface area contributed by atoms with E-state index in [0.717, 1.165) is 0 Å². The first-order chi connectivity index (χ1) is 14.7. The first kappa shape index (κ1) is 22.2. The van der Waals surface area contributed by atoms with Gasteiger partial charge in [-0.25, -0.2) is 16.8 Å². The van der Waals surface area contributed by atoms with Crippen molar-refractivity contribution in [2.24, 2.45) is 0 Å². The van der Waals surface area contributed by atoms with Gasteiger partial charge in [-0.05, 0) is 67.6 Å². The molecular weight excluding hydrogens is 440 g/mol. The van der Waals surface area contributed by atoms with Crippen LogP contribution < -0.4 is 14.8 Å². The van der Waals surface area contributed by atoms with Gasteiger partial charge in [0, 0.05) is 23.1 Å². The Morgan fingerprint density at radius 1 is 0.839 bits per heavy atom. The van der Waals surface area contributed by atoms with Crippen molar-refractivity contribution >= 4 is 43.0 Å². The van der Waals surface area contributed by atoms with Gasteiger partial charge in [-0.15, -0.1) is 0 Å². The Kier molecular flexibility index (Phi) is 6.56. The van der Waals surface area contributed by atoms with Crippen LogP contribution >= 0.6 is 0 Å². The molecule has 3 aromatic rings. The predicted octanol–water partition coefficient (Wildman–Crippen LogP) is 2.90. The fourth-order valence-corrected chi connectivity index (χ4v) is 4.18. The summed E-state index contributed by atoms with van der Waals surface area (Å²) in [5.41, 5.74) is 1.41. The summed E-state index contributed by atoms with van der Waals surface area (Å²) < 4.78 is 52.9. The zero-order valence-corrected chi connectivity index (χ0v) is 18.1. The van der Waals surface area contributed by atoms with Crippen LogP contribution in [0.15, 0.2) is 78.0 Å². The Hall–Kier alpha value is -3.44. The SMILES string of the molecule is CCS(=O)(=O)Nc1ccc(C(=O)Nc2ccc(S(=O)(=O)Nc3cccnc3)cc2)cc1. The minimum atomic E-state index is -3.79. The van der Waals surface area contributed by atoms with Gasteiger partial charge in [-0.1, -0.05) is 0 Å². The van der Waals surface area contributed by atoms with Gasteiger partial charge in [0.1, 0.15) is 0 Å². The molecule has 0 aliphatic carbocycles. The first-order valence-corrected chi connectivity index (χ1v) is 12.3. The Morgan fingerprint density at radius 3 is 2.06 bits per heavy atom. The van der Waals surface area contributed by atoms with Crippen LogP contribution in [0.5, 0.6) is 0 Å². The molecule has 31 heavy (non-hydrogen) atoms. The van der Waals surface area contributed by atoms with E-state index in [9.17, 15) is 21.6 Å². The number of sulfonamides is 2. The summed E-state index contributed by atoms with van der Waals surface area (Å²) in [6, 6.07) is 14.8. The van der Waals surface area contributed by atoms with Crippen molar-refractivity contribution in [3.8, 4) is 0 Å².